The molecular weight excluding hydrogens is 266 g/mol. The zero-order valence-corrected chi connectivity index (χ0v) is 13.6. The molecule has 0 unspecified atom stereocenters. The summed E-state index contributed by atoms with van der Waals surface area (Å²) in [5.74, 6) is 5.80. The van der Waals surface area contributed by atoms with Crippen LogP contribution in [0.1, 0.15) is 50.0 Å². The van der Waals surface area contributed by atoms with Crippen LogP contribution in [0.4, 0.5) is 0 Å². The standard InChI is InChI=1S/C17H25NOS/c1-17(2)9-6-15(7-10-17)18(3)13-16-14(5-4-11-19)8-12-20-16/h8,12,15,19H,6-7,9-11,13H2,1-3H3. The fraction of sp³-hybridized carbons (Fsp3) is 0.647. The number of aliphatic hydroxyl groups is 1. The molecule has 20 heavy (non-hydrogen) atoms. The lowest BCUT2D eigenvalue weighted by Gasteiger charge is -2.38. The Labute approximate surface area is 126 Å². The zero-order chi connectivity index (χ0) is 14.6. The molecule has 0 bridgehead atoms. The zero-order valence-electron chi connectivity index (χ0n) is 12.8. The molecule has 1 aromatic rings. The number of thiophene rings is 1. The molecule has 2 rings (SSSR count). The predicted molar refractivity (Wildman–Crippen MR) is 85.8 cm³/mol. The van der Waals surface area contributed by atoms with Gasteiger partial charge >= 0.3 is 0 Å². The van der Waals surface area contributed by atoms with Gasteiger partial charge in [-0.05, 0) is 49.6 Å². The molecule has 1 aliphatic rings. The van der Waals surface area contributed by atoms with Gasteiger partial charge in [-0.25, -0.2) is 0 Å². The molecule has 1 fully saturated rings. The van der Waals surface area contributed by atoms with Crippen molar-refractivity contribution in [3.05, 3.63) is 21.9 Å². The van der Waals surface area contributed by atoms with Gasteiger partial charge in [0.15, 0.2) is 0 Å². The van der Waals surface area contributed by atoms with E-state index < -0.39 is 0 Å². The van der Waals surface area contributed by atoms with E-state index in [0.29, 0.717) is 11.5 Å². The molecule has 3 heteroatoms. The predicted octanol–water partition coefficient (Wildman–Crippen LogP) is 3.49. The van der Waals surface area contributed by atoms with Crippen LogP contribution in [-0.2, 0) is 6.54 Å². The number of nitrogens with zero attached hydrogens (tertiary/aromatic N) is 1. The van der Waals surface area contributed by atoms with Gasteiger partial charge in [0.1, 0.15) is 6.61 Å². The molecule has 0 aromatic carbocycles. The van der Waals surface area contributed by atoms with Crippen molar-refractivity contribution in [2.75, 3.05) is 13.7 Å². The average molecular weight is 291 g/mol. The van der Waals surface area contributed by atoms with Crippen molar-refractivity contribution >= 4 is 11.3 Å². The first-order valence-electron chi connectivity index (χ1n) is 7.38. The van der Waals surface area contributed by atoms with Crippen LogP contribution in [0.3, 0.4) is 0 Å². The Kier molecular flexibility index (Phi) is 5.26. The quantitative estimate of drug-likeness (QED) is 0.862. The first-order valence-corrected chi connectivity index (χ1v) is 8.26. The van der Waals surface area contributed by atoms with Crippen LogP contribution in [0.25, 0.3) is 0 Å². The van der Waals surface area contributed by atoms with E-state index in [1.807, 2.05) is 0 Å². The van der Waals surface area contributed by atoms with Crippen LogP contribution in [-0.4, -0.2) is 29.7 Å². The second-order valence-corrected chi connectivity index (χ2v) is 7.53. The molecular formula is C17H25NOS. The van der Waals surface area contributed by atoms with Gasteiger partial charge in [-0.1, -0.05) is 25.7 Å². The van der Waals surface area contributed by atoms with Crippen LogP contribution < -0.4 is 0 Å². The largest absolute Gasteiger partial charge is 0.384 e. The molecule has 110 valence electrons. The smallest absolute Gasteiger partial charge is 0.104 e. The molecule has 0 aliphatic heterocycles. The first-order chi connectivity index (χ1) is 9.52. The normalized spacial score (nSPS) is 18.9. The molecule has 1 N–H and O–H groups in total. The van der Waals surface area contributed by atoms with Crippen molar-refractivity contribution in [1.29, 1.82) is 0 Å². The van der Waals surface area contributed by atoms with Crippen LogP contribution in [0, 0.1) is 17.3 Å². The molecule has 0 radical (unpaired) electrons. The Balaban J connectivity index is 1.95. The molecule has 0 atom stereocenters. The summed E-state index contributed by atoms with van der Waals surface area (Å²) in [6.45, 7) is 5.66. The topological polar surface area (TPSA) is 23.5 Å². The molecule has 1 heterocycles. The van der Waals surface area contributed by atoms with E-state index in [1.54, 1.807) is 11.3 Å². The summed E-state index contributed by atoms with van der Waals surface area (Å²) in [5.41, 5.74) is 1.60. The lowest BCUT2D eigenvalue weighted by Crippen LogP contribution is -2.36. The maximum absolute atomic E-state index is 8.81. The minimum atomic E-state index is -0.0666. The highest BCUT2D eigenvalue weighted by Crippen LogP contribution is 2.37. The summed E-state index contributed by atoms with van der Waals surface area (Å²) in [6.07, 6.45) is 5.24. The van der Waals surface area contributed by atoms with Crippen molar-refractivity contribution < 1.29 is 5.11 Å². The van der Waals surface area contributed by atoms with Crippen molar-refractivity contribution in [1.82, 2.24) is 4.90 Å². The number of hydrogen-bond acceptors (Lipinski definition) is 3. The van der Waals surface area contributed by atoms with E-state index in [1.165, 1.54) is 30.6 Å². The van der Waals surface area contributed by atoms with E-state index >= 15 is 0 Å². The average Bonchev–Trinajstić information content (AvgIpc) is 2.83. The highest BCUT2D eigenvalue weighted by Gasteiger charge is 2.28. The van der Waals surface area contributed by atoms with Gasteiger partial charge in [-0.15, -0.1) is 11.3 Å². The molecule has 0 saturated heterocycles. The van der Waals surface area contributed by atoms with Gasteiger partial charge < -0.3 is 5.11 Å². The van der Waals surface area contributed by atoms with Gasteiger partial charge in [0.2, 0.25) is 0 Å². The fourth-order valence-electron chi connectivity index (χ4n) is 2.89. The van der Waals surface area contributed by atoms with Gasteiger partial charge in [0.05, 0.1) is 0 Å². The van der Waals surface area contributed by atoms with Gasteiger partial charge in [-0.3, -0.25) is 4.90 Å². The van der Waals surface area contributed by atoms with Crippen molar-refractivity contribution in [3.63, 3.8) is 0 Å². The lowest BCUT2D eigenvalue weighted by molar-refractivity contribution is 0.123. The van der Waals surface area contributed by atoms with Crippen molar-refractivity contribution in [3.8, 4) is 11.8 Å². The Morgan fingerprint density at radius 2 is 2.10 bits per heavy atom. The lowest BCUT2D eigenvalue weighted by atomic mass is 9.75. The van der Waals surface area contributed by atoms with Crippen LogP contribution in [0.5, 0.6) is 0 Å². The van der Waals surface area contributed by atoms with Gasteiger partial charge in [0, 0.05) is 23.0 Å². The molecule has 0 amide bonds. The maximum Gasteiger partial charge on any atom is 0.104 e. The number of hydrogen-bond donors (Lipinski definition) is 1. The van der Waals surface area contributed by atoms with Gasteiger partial charge in [0.25, 0.3) is 0 Å². The number of aliphatic hydroxyl groups excluding tert-OH is 1. The Bertz CT molecular complexity index is 485. The summed E-state index contributed by atoms with van der Waals surface area (Å²) in [6, 6.07) is 2.75. The third-order valence-corrected chi connectivity index (χ3v) is 5.28. The molecule has 1 saturated carbocycles. The van der Waals surface area contributed by atoms with Crippen molar-refractivity contribution in [2.24, 2.45) is 5.41 Å². The maximum atomic E-state index is 8.81. The summed E-state index contributed by atoms with van der Waals surface area (Å²) in [7, 11) is 2.23. The second-order valence-electron chi connectivity index (χ2n) is 6.53. The van der Waals surface area contributed by atoms with E-state index in [9.17, 15) is 0 Å². The summed E-state index contributed by atoms with van der Waals surface area (Å²) < 4.78 is 0. The third-order valence-electron chi connectivity index (χ3n) is 4.37. The number of rotatable bonds is 3. The molecule has 0 spiro atoms. The first kappa shape index (κ1) is 15.6. The monoisotopic (exact) mass is 291 g/mol. The second kappa shape index (κ2) is 6.76. The summed E-state index contributed by atoms with van der Waals surface area (Å²) >= 11 is 1.77. The van der Waals surface area contributed by atoms with Crippen LogP contribution in [0.15, 0.2) is 11.4 Å². The van der Waals surface area contributed by atoms with E-state index in [-0.39, 0.29) is 6.61 Å². The third kappa shape index (κ3) is 4.09. The van der Waals surface area contributed by atoms with Crippen molar-refractivity contribution in [2.45, 2.75) is 52.1 Å². The fourth-order valence-corrected chi connectivity index (χ4v) is 3.78. The minimum Gasteiger partial charge on any atom is -0.384 e. The highest BCUT2D eigenvalue weighted by atomic mass is 32.1. The van der Waals surface area contributed by atoms with Crippen LogP contribution >= 0.6 is 11.3 Å². The van der Waals surface area contributed by atoms with Gasteiger partial charge in [-0.2, -0.15) is 0 Å². The summed E-state index contributed by atoms with van der Waals surface area (Å²) in [4.78, 5) is 3.80. The Morgan fingerprint density at radius 3 is 2.75 bits per heavy atom. The molecule has 2 nitrogen and oxygen atoms in total. The summed E-state index contributed by atoms with van der Waals surface area (Å²) in [5, 5.41) is 10.9. The minimum absolute atomic E-state index is 0.0666. The van der Waals surface area contributed by atoms with E-state index in [0.717, 1.165) is 12.1 Å². The van der Waals surface area contributed by atoms with E-state index in [4.69, 9.17) is 5.11 Å². The van der Waals surface area contributed by atoms with Crippen LogP contribution in [0.2, 0.25) is 0 Å². The Hall–Kier alpha value is -0.820. The highest BCUT2D eigenvalue weighted by molar-refractivity contribution is 7.10. The van der Waals surface area contributed by atoms with E-state index in [2.05, 4.69) is 49.1 Å². The molecule has 1 aromatic heterocycles. The SMILES string of the molecule is CN(Cc1sccc1C#CCO)C1CCC(C)(C)CC1. The Morgan fingerprint density at radius 1 is 1.40 bits per heavy atom. The molecule has 1 aliphatic carbocycles.